The van der Waals surface area contributed by atoms with Gasteiger partial charge in [-0.3, -0.25) is 4.79 Å². The van der Waals surface area contributed by atoms with E-state index in [0.29, 0.717) is 33.4 Å². The standard InChI is InChI=1S/C27H25N5O4S2/c1-17(33)32-12-10-18(11-13-32)22-16-37-27(30-22)31-25-23(36-19-6-3-2-4-7-19)14-20(15-28-25)38-24-9-5-8-21(29-24)26(34)35/h2-9,14-16,18H,10-13H2,1H3,(H,34,35)(H,28,30,31). The highest BCUT2D eigenvalue weighted by atomic mass is 32.2. The number of carboxylic acid groups (broad SMARTS) is 1. The molecule has 1 aliphatic heterocycles. The monoisotopic (exact) mass is 547 g/mol. The summed E-state index contributed by atoms with van der Waals surface area (Å²) in [5, 5.41) is 15.8. The molecule has 9 nitrogen and oxygen atoms in total. The number of aromatic carboxylic acids is 1. The van der Waals surface area contributed by atoms with Crippen molar-refractivity contribution in [3.8, 4) is 11.5 Å². The highest BCUT2D eigenvalue weighted by Crippen LogP contribution is 2.37. The lowest BCUT2D eigenvalue weighted by Crippen LogP contribution is -2.36. The molecule has 0 radical (unpaired) electrons. The van der Waals surface area contributed by atoms with Gasteiger partial charge in [0.2, 0.25) is 5.91 Å². The summed E-state index contributed by atoms with van der Waals surface area (Å²) in [6, 6.07) is 16.1. The number of carboxylic acids is 1. The van der Waals surface area contributed by atoms with Crippen LogP contribution in [0.2, 0.25) is 0 Å². The van der Waals surface area contributed by atoms with Gasteiger partial charge in [0.15, 0.2) is 16.7 Å². The molecule has 0 bridgehead atoms. The van der Waals surface area contributed by atoms with Crippen molar-refractivity contribution in [1.82, 2.24) is 19.9 Å². The first-order chi connectivity index (χ1) is 18.4. The molecule has 3 aromatic heterocycles. The zero-order valence-corrected chi connectivity index (χ0v) is 22.2. The van der Waals surface area contributed by atoms with E-state index in [1.54, 1.807) is 25.3 Å². The molecule has 194 valence electrons. The lowest BCUT2D eigenvalue weighted by Gasteiger charge is -2.30. The Kier molecular flexibility index (Phi) is 7.85. The number of hydrogen-bond donors (Lipinski definition) is 2. The molecule has 4 aromatic rings. The molecule has 4 heterocycles. The second kappa shape index (κ2) is 11.6. The summed E-state index contributed by atoms with van der Waals surface area (Å²) in [4.78, 5) is 39.1. The number of rotatable bonds is 8. The van der Waals surface area contributed by atoms with E-state index in [4.69, 9.17) is 9.72 Å². The van der Waals surface area contributed by atoms with Gasteiger partial charge in [0, 0.05) is 48.5 Å². The van der Waals surface area contributed by atoms with Crippen LogP contribution in [0.5, 0.6) is 11.5 Å². The zero-order chi connectivity index (χ0) is 26.5. The predicted octanol–water partition coefficient (Wildman–Crippen LogP) is 6.04. The molecule has 0 saturated carbocycles. The summed E-state index contributed by atoms with van der Waals surface area (Å²) < 4.78 is 6.17. The van der Waals surface area contributed by atoms with Crippen LogP contribution in [0.4, 0.5) is 10.9 Å². The van der Waals surface area contributed by atoms with Crippen molar-refractivity contribution < 1.29 is 19.4 Å². The Bertz CT molecular complexity index is 1440. The number of benzene rings is 1. The van der Waals surface area contributed by atoms with Crippen molar-refractivity contribution >= 4 is 45.9 Å². The van der Waals surface area contributed by atoms with Gasteiger partial charge >= 0.3 is 5.97 Å². The number of anilines is 2. The minimum Gasteiger partial charge on any atom is -0.477 e. The molecule has 11 heteroatoms. The number of carbonyl (C=O) groups is 2. The Morgan fingerprint density at radius 1 is 1.11 bits per heavy atom. The van der Waals surface area contributed by atoms with Crippen molar-refractivity contribution in [2.75, 3.05) is 18.4 Å². The molecular formula is C27H25N5O4S2. The topological polar surface area (TPSA) is 118 Å². The summed E-state index contributed by atoms with van der Waals surface area (Å²) in [6.07, 6.45) is 3.48. The molecule has 0 atom stereocenters. The van der Waals surface area contributed by atoms with E-state index in [2.05, 4.69) is 20.7 Å². The van der Waals surface area contributed by atoms with Crippen molar-refractivity contribution in [3.63, 3.8) is 0 Å². The largest absolute Gasteiger partial charge is 0.477 e. The van der Waals surface area contributed by atoms with Crippen LogP contribution in [-0.4, -0.2) is 49.9 Å². The molecule has 38 heavy (non-hydrogen) atoms. The van der Waals surface area contributed by atoms with Gasteiger partial charge in [-0.15, -0.1) is 11.3 Å². The molecule has 0 unspecified atom stereocenters. The second-order valence-corrected chi connectivity index (χ2v) is 10.6. The van der Waals surface area contributed by atoms with Crippen LogP contribution < -0.4 is 10.1 Å². The molecule has 1 amide bonds. The van der Waals surface area contributed by atoms with Crippen LogP contribution >= 0.6 is 23.1 Å². The molecule has 0 spiro atoms. The number of aromatic nitrogens is 3. The minimum absolute atomic E-state index is 0.0199. The van der Waals surface area contributed by atoms with Gasteiger partial charge in [0.05, 0.1) is 5.69 Å². The highest BCUT2D eigenvalue weighted by Gasteiger charge is 2.24. The van der Waals surface area contributed by atoms with Crippen molar-refractivity contribution in [2.24, 2.45) is 0 Å². The molecule has 1 aliphatic rings. The SMILES string of the molecule is CC(=O)N1CCC(c2csc(Nc3ncc(Sc4cccc(C(=O)O)n4)cc3Oc3ccccc3)n2)CC1. The number of hydrogen-bond acceptors (Lipinski definition) is 9. The van der Waals surface area contributed by atoms with E-state index in [1.807, 2.05) is 41.3 Å². The average Bonchev–Trinajstić information content (AvgIpc) is 3.39. The Morgan fingerprint density at radius 3 is 2.63 bits per heavy atom. The number of nitrogens with one attached hydrogen (secondary N) is 1. The fourth-order valence-corrected chi connectivity index (χ4v) is 5.70. The number of para-hydroxylation sites is 1. The van der Waals surface area contributed by atoms with Crippen LogP contribution in [0.25, 0.3) is 0 Å². The summed E-state index contributed by atoms with van der Waals surface area (Å²) in [6.45, 7) is 3.11. The smallest absolute Gasteiger partial charge is 0.354 e. The van der Waals surface area contributed by atoms with Gasteiger partial charge in [-0.25, -0.2) is 19.7 Å². The fraction of sp³-hybridized carbons (Fsp3) is 0.222. The summed E-state index contributed by atoms with van der Waals surface area (Å²) in [5.74, 6) is 1.03. The number of ether oxygens (including phenoxy) is 1. The van der Waals surface area contributed by atoms with Gasteiger partial charge in [0.25, 0.3) is 0 Å². The Hall–Kier alpha value is -3.96. The van der Waals surface area contributed by atoms with Crippen LogP contribution in [0.3, 0.4) is 0 Å². The fourth-order valence-electron chi connectivity index (χ4n) is 4.10. The lowest BCUT2D eigenvalue weighted by atomic mass is 9.94. The molecular weight excluding hydrogens is 522 g/mol. The Balaban J connectivity index is 1.36. The van der Waals surface area contributed by atoms with Crippen molar-refractivity contribution in [2.45, 2.75) is 35.6 Å². The average molecular weight is 548 g/mol. The minimum atomic E-state index is -1.08. The van der Waals surface area contributed by atoms with Crippen LogP contribution in [-0.2, 0) is 4.79 Å². The number of likely N-dealkylation sites (tertiary alicyclic amines) is 1. The highest BCUT2D eigenvalue weighted by molar-refractivity contribution is 7.99. The number of amides is 1. The van der Waals surface area contributed by atoms with Crippen LogP contribution in [0.1, 0.15) is 41.9 Å². The van der Waals surface area contributed by atoms with Gasteiger partial charge in [0.1, 0.15) is 16.5 Å². The molecule has 1 fully saturated rings. The van der Waals surface area contributed by atoms with E-state index in [-0.39, 0.29) is 11.6 Å². The maximum absolute atomic E-state index is 11.6. The molecule has 1 saturated heterocycles. The third-order valence-corrected chi connectivity index (χ3v) is 7.74. The maximum atomic E-state index is 11.6. The van der Waals surface area contributed by atoms with Gasteiger partial charge in [-0.05, 0) is 37.1 Å². The maximum Gasteiger partial charge on any atom is 0.354 e. The quantitative estimate of drug-likeness (QED) is 0.272. The Morgan fingerprint density at radius 2 is 1.89 bits per heavy atom. The van der Waals surface area contributed by atoms with Crippen LogP contribution in [0, 0.1) is 0 Å². The van der Waals surface area contributed by atoms with Crippen LogP contribution in [0.15, 0.2) is 76.1 Å². The molecule has 0 aliphatic carbocycles. The summed E-state index contributed by atoms with van der Waals surface area (Å²) in [5.41, 5.74) is 0.997. The molecule has 5 rings (SSSR count). The van der Waals surface area contributed by atoms with E-state index in [9.17, 15) is 14.7 Å². The number of piperidine rings is 1. The summed E-state index contributed by atoms with van der Waals surface area (Å²) in [7, 11) is 0. The number of nitrogens with zero attached hydrogens (tertiary/aromatic N) is 4. The van der Waals surface area contributed by atoms with E-state index >= 15 is 0 Å². The number of pyridine rings is 2. The van der Waals surface area contributed by atoms with Gasteiger partial charge in [-0.1, -0.05) is 36.0 Å². The van der Waals surface area contributed by atoms with Crippen molar-refractivity contribution in [1.29, 1.82) is 0 Å². The number of carbonyl (C=O) groups excluding carboxylic acids is 1. The third-order valence-electron chi connectivity index (χ3n) is 6.07. The summed E-state index contributed by atoms with van der Waals surface area (Å²) >= 11 is 2.80. The lowest BCUT2D eigenvalue weighted by molar-refractivity contribution is -0.129. The van der Waals surface area contributed by atoms with E-state index in [1.165, 1.54) is 29.2 Å². The van der Waals surface area contributed by atoms with Gasteiger partial charge < -0.3 is 20.1 Å². The normalized spacial score (nSPS) is 13.8. The predicted molar refractivity (Wildman–Crippen MR) is 146 cm³/mol. The first kappa shape index (κ1) is 25.7. The number of thiazole rings is 1. The van der Waals surface area contributed by atoms with E-state index in [0.717, 1.165) is 36.5 Å². The first-order valence-corrected chi connectivity index (χ1v) is 13.7. The third kappa shape index (κ3) is 6.29. The van der Waals surface area contributed by atoms with Gasteiger partial charge in [-0.2, -0.15) is 0 Å². The molecule has 2 N–H and O–H groups in total. The first-order valence-electron chi connectivity index (χ1n) is 12.0. The Labute approximate surface area is 227 Å². The van der Waals surface area contributed by atoms with E-state index < -0.39 is 5.97 Å². The van der Waals surface area contributed by atoms with Crippen molar-refractivity contribution in [3.05, 3.63) is 77.6 Å². The molecule has 1 aromatic carbocycles. The zero-order valence-electron chi connectivity index (χ0n) is 20.5. The second-order valence-electron chi connectivity index (χ2n) is 8.68.